The molecule has 0 radical (unpaired) electrons. The maximum absolute atomic E-state index is 10.5. The maximum atomic E-state index is 10.5. The zero-order valence-corrected chi connectivity index (χ0v) is 18.4. The average molecular weight is 501 g/mol. The van der Waals surface area contributed by atoms with Crippen LogP contribution in [-0.2, 0) is 12.8 Å². The smallest absolute Gasteiger partial charge is 0.253 e. The van der Waals surface area contributed by atoms with Crippen LogP contribution in [0.25, 0.3) is 0 Å². The summed E-state index contributed by atoms with van der Waals surface area (Å²) in [7, 11) is 0. The highest BCUT2D eigenvalue weighted by atomic mass is 35.5. The van der Waals surface area contributed by atoms with E-state index in [0.29, 0.717) is 28.8 Å². The summed E-state index contributed by atoms with van der Waals surface area (Å²) in [5.74, 6) is 0. The molecule has 0 spiro atoms. The molecule has 2 aromatic heterocycles. The number of nitrogens with one attached hydrogen (secondary N) is 1. The van der Waals surface area contributed by atoms with Crippen molar-refractivity contribution in [2.75, 3.05) is 0 Å². The van der Waals surface area contributed by atoms with E-state index in [-0.39, 0.29) is 26.6 Å². The van der Waals surface area contributed by atoms with Crippen molar-refractivity contribution in [3.05, 3.63) is 102 Å². The fraction of sp³-hybridized carbons (Fsp3) is 0.333. The highest BCUT2D eigenvalue weighted by Gasteiger charge is 2.06. The molecule has 0 saturated carbocycles. The summed E-state index contributed by atoms with van der Waals surface area (Å²) in [5.41, 5.74) is 7.79. The Kier molecular flexibility index (Phi) is 15.9. The monoisotopic (exact) mass is 500 g/mol. The van der Waals surface area contributed by atoms with Crippen LogP contribution >= 0.6 is 23.2 Å². The fourth-order valence-corrected chi connectivity index (χ4v) is 2.51. The minimum absolute atomic E-state index is 0. The van der Waals surface area contributed by atoms with Crippen molar-refractivity contribution in [2.45, 2.75) is 47.6 Å². The van der Waals surface area contributed by atoms with Gasteiger partial charge in [-0.2, -0.15) is 0 Å². The van der Waals surface area contributed by atoms with Gasteiger partial charge in [-0.25, -0.2) is 9.97 Å². The lowest BCUT2D eigenvalue weighted by Crippen LogP contribution is -2.24. The van der Waals surface area contributed by atoms with Gasteiger partial charge in [-0.3, -0.25) is 20.2 Å². The van der Waals surface area contributed by atoms with Crippen molar-refractivity contribution in [1.82, 2.24) is 15.3 Å². The van der Waals surface area contributed by atoms with Gasteiger partial charge >= 0.3 is 0 Å². The molecule has 33 heavy (non-hydrogen) atoms. The molecule has 3 N–H and O–H groups in total. The van der Waals surface area contributed by atoms with Gasteiger partial charge in [0, 0.05) is 31.3 Å². The Morgan fingerprint density at radius 1 is 0.970 bits per heavy atom. The van der Waals surface area contributed by atoms with Crippen molar-refractivity contribution in [1.29, 1.82) is 0 Å². The van der Waals surface area contributed by atoms with Gasteiger partial charge in [-0.1, -0.05) is 50.2 Å². The minimum atomic E-state index is -0.585. The van der Waals surface area contributed by atoms with Crippen LogP contribution in [0.2, 0.25) is 10.3 Å². The zero-order valence-electron chi connectivity index (χ0n) is 16.9. The van der Waals surface area contributed by atoms with Crippen molar-refractivity contribution in [3.63, 3.8) is 0 Å². The number of hydrogen-bond donors (Lipinski definition) is 2. The Labute approximate surface area is 203 Å². The Morgan fingerprint density at radius 2 is 1.42 bits per heavy atom. The Morgan fingerprint density at radius 3 is 1.79 bits per heavy atom. The van der Waals surface area contributed by atoms with E-state index in [1.807, 2.05) is 13.8 Å². The van der Waals surface area contributed by atoms with Crippen LogP contribution in [0, 0.1) is 20.2 Å². The summed E-state index contributed by atoms with van der Waals surface area (Å²) in [6.07, 6.45) is 5.62. The summed E-state index contributed by atoms with van der Waals surface area (Å²) < 4.78 is 0. The molecule has 2 rings (SSSR count). The van der Waals surface area contributed by atoms with E-state index < -0.39 is 9.85 Å². The van der Waals surface area contributed by atoms with Crippen LogP contribution in [-0.4, -0.2) is 25.9 Å². The van der Waals surface area contributed by atoms with E-state index in [1.165, 1.54) is 6.20 Å². The first-order valence-corrected chi connectivity index (χ1v) is 9.72. The standard InChI is InChI=1S/C11H14ClN3O2.C8H8ClN3O2.2CH4/c1-8(2)14-10(7-15(16)17)5-9-3-4-11(12)13-6-9;9-8-2-1-6(4-11-8)3-7(10)5-12(13)14;;/h3-4,6-8,14H,5H2,1-2H3;1-2,4-5H,3,10H2;2*1H4/b10-7-;7-5-;;. The molecule has 0 unspecified atom stereocenters. The Hall–Kier alpha value is -3.24. The van der Waals surface area contributed by atoms with Crippen molar-refractivity contribution >= 4 is 23.2 Å². The van der Waals surface area contributed by atoms with Crippen molar-refractivity contribution in [3.8, 4) is 0 Å². The predicted octanol–water partition coefficient (Wildman–Crippen LogP) is 5.02. The lowest BCUT2D eigenvalue weighted by atomic mass is 10.1. The highest BCUT2D eigenvalue weighted by molar-refractivity contribution is 6.29. The Balaban J connectivity index is 0. The van der Waals surface area contributed by atoms with Gasteiger partial charge in [0.2, 0.25) is 0 Å². The lowest BCUT2D eigenvalue weighted by Gasteiger charge is -2.11. The third-order valence-electron chi connectivity index (χ3n) is 3.39. The molecule has 12 heteroatoms. The number of halogens is 2. The van der Waals surface area contributed by atoms with E-state index in [1.54, 1.807) is 30.5 Å². The first-order valence-electron chi connectivity index (χ1n) is 8.96. The SMILES string of the molecule is C.C.CC(C)N/C(=C\[N+](=O)[O-])Cc1ccc(Cl)nc1.N/C(=C\[N+](=O)[O-])Cc1ccc(Cl)nc1. The van der Waals surface area contributed by atoms with E-state index in [2.05, 4.69) is 15.3 Å². The van der Waals surface area contributed by atoms with Crippen LogP contribution in [0.15, 0.2) is 60.5 Å². The fourth-order valence-electron chi connectivity index (χ4n) is 2.29. The molecule has 0 aliphatic carbocycles. The molecular weight excluding hydrogens is 471 g/mol. The number of pyridine rings is 2. The second kappa shape index (κ2) is 16.4. The van der Waals surface area contributed by atoms with E-state index in [4.69, 9.17) is 28.9 Å². The summed E-state index contributed by atoms with van der Waals surface area (Å²) in [5, 5.41) is 24.4. The lowest BCUT2D eigenvalue weighted by molar-refractivity contribution is -0.403. The topological polar surface area (TPSA) is 150 Å². The molecule has 0 aliphatic rings. The average Bonchev–Trinajstić information content (AvgIpc) is 2.64. The predicted molar refractivity (Wildman–Crippen MR) is 132 cm³/mol. The Bertz CT molecular complexity index is 933. The molecule has 10 nitrogen and oxygen atoms in total. The number of nitrogens with zero attached hydrogens (tertiary/aromatic N) is 4. The second-order valence-electron chi connectivity index (χ2n) is 6.56. The first-order chi connectivity index (χ1) is 14.5. The molecule has 2 heterocycles. The molecule has 0 aliphatic heterocycles. The number of rotatable bonds is 8. The van der Waals surface area contributed by atoms with Crippen molar-refractivity contribution < 1.29 is 9.85 Å². The largest absolute Gasteiger partial charge is 0.397 e. The van der Waals surface area contributed by atoms with Gasteiger partial charge in [-0.15, -0.1) is 0 Å². The van der Waals surface area contributed by atoms with Crippen LogP contribution in [0.4, 0.5) is 0 Å². The first kappa shape index (κ1) is 31.9. The van der Waals surface area contributed by atoms with Crippen molar-refractivity contribution in [2.24, 2.45) is 5.73 Å². The number of nitrogens with two attached hydrogens (primary N) is 1. The van der Waals surface area contributed by atoms with Gasteiger partial charge in [0.15, 0.2) is 0 Å². The van der Waals surface area contributed by atoms with Gasteiger partial charge in [0.1, 0.15) is 10.3 Å². The van der Waals surface area contributed by atoms with Crippen LogP contribution in [0.5, 0.6) is 0 Å². The van der Waals surface area contributed by atoms with E-state index in [9.17, 15) is 20.2 Å². The van der Waals surface area contributed by atoms with Gasteiger partial charge < -0.3 is 11.1 Å². The van der Waals surface area contributed by atoms with Gasteiger partial charge in [-0.05, 0) is 37.1 Å². The molecular formula is C21H30Cl2N6O4. The molecule has 0 amide bonds. The summed E-state index contributed by atoms with van der Waals surface area (Å²) in [6.45, 7) is 3.85. The zero-order chi connectivity index (χ0) is 23.4. The number of nitro groups is 2. The maximum Gasteiger partial charge on any atom is 0.253 e. The van der Waals surface area contributed by atoms with E-state index >= 15 is 0 Å². The van der Waals surface area contributed by atoms with Crippen LogP contribution in [0.3, 0.4) is 0 Å². The molecule has 0 bridgehead atoms. The minimum Gasteiger partial charge on any atom is -0.397 e. The summed E-state index contributed by atoms with van der Waals surface area (Å²) in [6, 6.07) is 6.93. The third-order valence-corrected chi connectivity index (χ3v) is 3.83. The molecule has 2 aromatic rings. The molecule has 0 saturated heterocycles. The number of allylic oxidation sites excluding steroid dienone is 2. The quantitative estimate of drug-likeness (QED) is 0.291. The second-order valence-corrected chi connectivity index (χ2v) is 7.33. The van der Waals surface area contributed by atoms with Gasteiger partial charge in [0.05, 0.1) is 21.2 Å². The summed E-state index contributed by atoms with van der Waals surface area (Å²) >= 11 is 11.2. The number of hydrogen-bond acceptors (Lipinski definition) is 8. The van der Waals surface area contributed by atoms with Gasteiger partial charge in [0.25, 0.3) is 12.4 Å². The van der Waals surface area contributed by atoms with Crippen LogP contribution in [0.1, 0.15) is 39.8 Å². The molecule has 0 aromatic carbocycles. The normalized spacial score (nSPS) is 10.8. The molecule has 0 fully saturated rings. The van der Waals surface area contributed by atoms with Crippen LogP contribution < -0.4 is 11.1 Å². The molecule has 0 atom stereocenters. The molecule has 182 valence electrons. The third kappa shape index (κ3) is 15.2. The summed E-state index contributed by atoms with van der Waals surface area (Å²) in [4.78, 5) is 27.3. The number of aromatic nitrogens is 2. The highest BCUT2D eigenvalue weighted by Crippen LogP contribution is 2.10. The van der Waals surface area contributed by atoms with E-state index in [0.717, 1.165) is 23.5 Å².